The van der Waals surface area contributed by atoms with Crippen LogP contribution in [0.15, 0.2) is 42.6 Å². The van der Waals surface area contributed by atoms with E-state index in [4.69, 9.17) is 5.21 Å². The van der Waals surface area contributed by atoms with E-state index in [1.54, 1.807) is 17.6 Å². The Balaban J connectivity index is 1.72. The number of hydrogen-bond acceptors (Lipinski definition) is 4. The van der Waals surface area contributed by atoms with Crippen LogP contribution in [0, 0.1) is 11.8 Å². The molecule has 0 aliphatic carbocycles. The molecule has 2 heterocycles. The number of benzene rings is 1. The quantitative estimate of drug-likeness (QED) is 0.507. The molecule has 1 aliphatic rings. The molecule has 1 aliphatic heterocycles. The van der Waals surface area contributed by atoms with Gasteiger partial charge < -0.3 is 4.90 Å². The van der Waals surface area contributed by atoms with Crippen molar-refractivity contribution in [2.75, 3.05) is 18.0 Å². The van der Waals surface area contributed by atoms with Crippen molar-refractivity contribution in [3.8, 4) is 11.8 Å². The molecule has 0 unspecified atom stereocenters. The third-order valence-electron chi connectivity index (χ3n) is 4.03. The summed E-state index contributed by atoms with van der Waals surface area (Å²) in [6.45, 7) is 2.25. The summed E-state index contributed by atoms with van der Waals surface area (Å²) in [5, 5.41) is 8.64. The first-order valence-corrected chi connectivity index (χ1v) is 8.04. The monoisotopic (exact) mass is 321 g/mol. The average Bonchev–Trinajstić information content (AvgIpc) is 2.67. The topological polar surface area (TPSA) is 65.5 Å². The van der Waals surface area contributed by atoms with Gasteiger partial charge in [-0.25, -0.2) is 5.48 Å². The number of aromatic nitrogens is 1. The van der Waals surface area contributed by atoms with Gasteiger partial charge in [0, 0.05) is 36.1 Å². The smallest absolute Gasteiger partial charge is 0.293 e. The van der Waals surface area contributed by atoms with Gasteiger partial charge in [0.15, 0.2) is 0 Å². The third-order valence-corrected chi connectivity index (χ3v) is 4.03. The number of carbonyl (C=O) groups is 1. The fourth-order valence-electron chi connectivity index (χ4n) is 2.74. The lowest BCUT2D eigenvalue weighted by atomic mass is 10.1. The van der Waals surface area contributed by atoms with Gasteiger partial charge in [0.1, 0.15) is 5.69 Å². The van der Waals surface area contributed by atoms with E-state index in [0.717, 1.165) is 18.7 Å². The molecule has 0 bridgehead atoms. The molecule has 0 spiro atoms. The fourth-order valence-corrected chi connectivity index (χ4v) is 2.74. The number of rotatable bonds is 2. The molecule has 1 saturated heterocycles. The number of hydroxylamine groups is 1. The van der Waals surface area contributed by atoms with Crippen molar-refractivity contribution in [2.45, 2.75) is 19.3 Å². The van der Waals surface area contributed by atoms with E-state index in [1.807, 2.05) is 12.1 Å². The predicted molar refractivity (Wildman–Crippen MR) is 92.0 cm³/mol. The normalized spacial score (nSPS) is 13.8. The van der Waals surface area contributed by atoms with Gasteiger partial charge in [0.25, 0.3) is 5.91 Å². The van der Waals surface area contributed by atoms with E-state index in [-0.39, 0.29) is 5.69 Å². The second kappa shape index (κ2) is 7.62. The zero-order valence-corrected chi connectivity index (χ0v) is 13.3. The molecule has 1 fully saturated rings. The second-order valence-corrected chi connectivity index (χ2v) is 5.72. The highest BCUT2D eigenvalue weighted by atomic mass is 16.5. The van der Waals surface area contributed by atoms with Gasteiger partial charge in [-0.3, -0.25) is 15.0 Å². The first-order valence-electron chi connectivity index (χ1n) is 8.04. The molecule has 0 saturated carbocycles. The molecule has 2 N–H and O–H groups in total. The van der Waals surface area contributed by atoms with Gasteiger partial charge >= 0.3 is 0 Å². The van der Waals surface area contributed by atoms with E-state index < -0.39 is 5.91 Å². The van der Waals surface area contributed by atoms with E-state index in [1.165, 1.54) is 31.1 Å². The highest BCUT2D eigenvalue weighted by Gasteiger charge is 2.10. The molecule has 3 rings (SSSR count). The molecular weight excluding hydrogens is 302 g/mol. The molecule has 122 valence electrons. The van der Waals surface area contributed by atoms with Crippen LogP contribution in [-0.2, 0) is 0 Å². The molecule has 5 heteroatoms. The largest absolute Gasteiger partial charge is 0.372 e. The highest BCUT2D eigenvalue weighted by molar-refractivity contribution is 5.91. The summed E-state index contributed by atoms with van der Waals surface area (Å²) >= 11 is 0. The molecule has 5 nitrogen and oxygen atoms in total. The molecule has 24 heavy (non-hydrogen) atoms. The maximum atomic E-state index is 11.4. The average molecular weight is 321 g/mol. The van der Waals surface area contributed by atoms with Crippen LogP contribution in [0.2, 0.25) is 0 Å². The lowest BCUT2D eigenvalue weighted by Crippen LogP contribution is -2.29. The maximum absolute atomic E-state index is 11.4. The summed E-state index contributed by atoms with van der Waals surface area (Å²) in [5.41, 5.74) is 4.52. The van der Waals surface area contributed by atoms with Crippen LogP contribution < -0.4 is 10.4 Å². The first-order chi connectivity index (χ1) is 11.8. The van der Waals surface area contributed by atoms with E-state index in [2.05, 4.69) is 33.9 Å². The zero-order chi connectivity index (χ0) is 16.8. The number of carbonyl (C=O) groups excluding carboxylic acids is 1. The third kappa shape index (κ3) is 3.92. The number of pyridine rings is 1. The fraction of sp³-hybridized carbons (Fsp3) is 0.263. The van der Waals surface area contributed by atoms with Crippen LogP contribution >= 0.6 is 0 Å². The number of nitrogens with zero attached hydrogens (tertiary/aromatic N) is 2. The minimum absolute atomic E-state index is 0.129. The Hall–Kier alpha value is -2.84. The number of hydrogen-bond donors (Lipinski definition) is 2. The highest BCUT2D eigenvalue weighted by Crippen LogP contribution is 2.19. The maximum Gasteiger partial charge on any atom is 0.293 e. The van der Waals surface area contributed by atoms with Gasteiger partial charge in [-0.1, -0.05) is 11.8 Å². The number of piperidine rings is 1. The number of anilines is 1. The Labute approximate surface area is 141 Å². The Bertz CT molecular complexity index is 769. The van der Waals surface area contributed by atoms with Gasteiger partial charge in [-0.15, -0.1) is 0 Å². The summed E-state index contributed by atoms with van der Waals surface area (Å²) < 4.78 is 0. The Morgan fingerprint density at radius 1 is 1.04 bits per heavy atom. The van der Waals surface area contributed by atoms with Crippen molar-refractivity contribution in [1.29, 1.82) is 0 Å². The molecule has 1 aromatic heterocycles. The summed E-state index contributed by atoms with van der Waals surface area (Å²) in [6.07, 6.45) is 5.33. The molecule has 1 aromatic carbocycles. The Morgan fingerprint density at radius 3 is 2.46 bits per heavy atom. The lowest BCUT2D eigenvalue weighted by molar-refractivity contribution is 0.0700. The molecule has 2 aromatic rings. The summed E-state index contributed by atoms with van der Waals surface area (Å²) in [5.74, 6) is 5.45. The Morgan fingerprint density at radius 2 is 1.75 bits per heavy atom. The van der Waals surface area contributed by atoms with Crippen LogP contribution in [-0.4, -0.2) is 29.2 Å². The minimum Gasteiger partial charge on any atom is -0.372 e. The number of nitrogens with one attached hydrogen (secondary N) is 1. The van der Waals surface area contributed by atoms with Crippen molar-refractivity contribution in [3.05, 3.63) is 59.4 Å². The molecule has 0 radical (unpaired) electrons. The van der Waals surface area contributed by atoms with Crippen LogP contribution in [0.1, 0.15) is 40.9 Å². The van der Waals surface area contributed by atoms with Crippen LogP contribution in [0.3, 0.4) is 0 Å². The standard InChI is InChI=1S/C19H19N3O2/c23-19(21-24)18-14-16(10-11-20-18)5-4-15-6-8-17(9-7-15)22-12-2-1-3-13-22/h6-11,14,24H,1-3,12-13H2,(H,21,23). The van der Waals surface area contributed by atoms with Gasteiger partial charge in [0.05, 0.1) is 0 Å². The van der Waals surface area contributed by atoms with Crippen molar-refractivity contribution in [3.63, 3.8) is 0 Å². The van der Waals surface area contributed by atoms with Gasteiger partial charge in [-0.05, 0) is 55.7 Å². The SMILES string of the molecule is O=C(NO)c1cc(C#Cc2ccc(N3CCCCC3)cc2)ccn1. The van der Waals surface area contributed by atoms with Crippen LogP contribution in [0.4, 0.5) is 5.69 Å². The summed E-state index contributed by atoms with van der Waals surface area (Å²) in [7, 11) is 0. The van der Waals surface area contributed by atoms with E-state index >= 15 is 0 Å². The van der Waals surface area contributed by atoms with Crippen molar-refractivity contribution in [2.24, 2.45) is 0 Å². The minimum atomic E-state index is -0.649. The first kappa shape index (κ1) is 16.0. The summed E-state index contributed by atoms with van der Waals surface area (Å²) in [4.78, 5) is 17.6. The second-order valence-electron chi connectivity index (χ2n) is 5.72. The number of amides is 1. The summed E-state index contributed by atoms with van der Waals surface area (Å²) in [6, 6.07) is 11.5. The predicted octanol–water partition coefficient (Wildman–Crippen LogP) is 2.59. The van der Waals surface area contributed by atoms with Crippen LogP contribution in [0.5, 0.6) is 0 Å². The lowest BCUT2D eigenvalue weighted by Gasteiger charge is -2.28. The Kier molecular flexibility index (Phi) is 5.09. The van der Waals surface area contributed by atoms with Crippen molar-refractivity contribution < 1.29 is 10.0 Å². The molecule has 1 amide bonds. The van der Waals surface area contributed by atoms with Crippen molar-refractivity contribution >= 4 is 11.6 Å². The van der Waals surface area contributed by atoms with Crippen LogP contribution in [0.25, 0.3) is 0 Å². The van der Waals surface area contributed by atoms with E-state index in [0.29, 0.717) is 5.56 Å². The van der Waals surface area contributed by atoms with Gasteiger partial charge in [0.2, 0.25) is 0 Å². The van der Waals surface area contributed by atoms with Gasteiger partial charge in [-0.2, -0.15) is 0 Å². The van der Waals surface area contributed by atoms with Crippen molar-refractivity contribution in [1.82, 2.24) is 10.5 Å². The van der Waals surface area contributed by atoms with E-state index in [9.17, 15) is 4.79 Å². The zero-order valence-electron chi connectivity index (χ0n) is 13.3. The molecule has 0 atom stereocenters. The molecular formula is C19H19N3O2.